The van der Waals surface area contributed by atoms with Crippen LogP contribution in [0.2, 0.25) is 5.02 Å². The van der Waals surface area contributed by atoms with Gasteiger partial charge in [0, 0.05) is 61.5 Å². The van der Waals surface area contributed by atoms with Crippen LogP contribution in [0.3, 0.4) is 0 Å². The van der Waals surface area contributed by atoms with E-state index < -0.39 is 0 Å². The predicted molar refractivity (Wildman–Crippen MR) is 131 cm³/mol. The molecule has 2 saturated heterocycles. The molecule has 2 aliphatic heterocycles. The Morgan fingerprint density at radius 1 is 0.909 bits per heavy atom. The molecule has 0 spiro atoms. The van der Waals surface area contributed by atoms with Gasteiger partial charge < -0.3 is 9.80 Å². The van der Waals surface area contributed by atoms with Crippen LogP contribution in [-0.2, 0) is 0 Å². The van der Waals surface area contributed by atoms with Gasteiger partial charge in [0.2, 0.25) is 0 Å². The highest BCUT2D eigenvalue weighted by atomic mass is 35.5. The summed E-state index contributed by atoms with van der Waals surface area (Å²) in [5.41, 5.74) is 2.48. The smallest absolute Gasteiger partial charge is 0.265 e. The van der Waals surface area contributed by atoms with E-state index in [9.17, 15) is 9.59 Å². The highest BCUT2D eigenvalue weighted by Gasteiger charge is 2.38. The van der Waals surface area contributed by atoms with Crippen LogP contribution in [0.15, 0.2) is 54.6 Å². The number of thiazole rings is 1. The van der Waals surface area contributed by atoms with Crippen LogP contribution in [-0.4, -0.2) is 76.8 Å². The third-order valence-electron chi connectivity index (χ3n) is 6.37. The van der Waals surface area contributed by atoms with Gasteiger partial charge >= 0.3 is 0 Å². The number of amides is 2. The van der Waals surface area contributed by atoms with Gasteiger partial charge in [-0.1, -0.05) is 41.9 Å². The number of likely N-dealkylation sites (tertiary alicyclic amines) is 1. The van der Waals surface area contributed by atoms with Gasteiger partial charge in [-0.05, 0) is 31.2 Å². The summed E-state index contributed by atoms with van der Waals surface area (Å²) in [7, 11) is 0. The second-order valence-corrected chi connectivity index (χ2v) is 9.93. The lowest BCUT2D eigenvalue weighted by atomic mass is 10.0. The molecule has 2 amide bonds. The molecule has 5 rings (SSSR count). The van der Waals surface area contributed by atoms with E-state index in [0.29, 0.717) is 15.9 Å². The van der Waals surface area contributed by atoms with E-state index in [2.05, 4.69) is 9.88 Å². The monoisotopic (exact) mass is 480 g/mol. The van der Waals surface area contributed by atoms with Gasteiger partial charge in [-0.2, -0.15) is 0 Å². The minimum Gasteiger partial charge on any atom is -0.336 e. The molecule has 170 valence electrons. The highest BCUT2D eigenvalue weighted by molar-refractivity contribution is 7.17. The van der Waals surface area contributed by atoms with Crippen LogP contribution in [0.25, 0.3) is 10.6 Å². The molecule has 0 bridgehead atoms. The Morgan fingerprint density at radius 2 is 1.58 bits per heavy atom. The normalized spacial score (nSPS) is 17.2. The number of hydrogen-bond acceptors (Lipinski definition) is 5. The Morgan fingerprint density at radius 3 is 2.24 bits per heavy atom. The number of aromatic nitrogens is 1. The summed E-state index contributed by atoms with van der Waals surface area (Å²) in [4.78, 5) is 37.3. The summed E-state index contributed by atoms with van der Waals surface area (Å²) >= 11 is 7.42. The van der Waals surface area contributed by atoms with Gasteiger partial charge in [0.1, 0.15) is 9.88 Å². The number of nitrogens with zero attached hydrogens (tertiary/aromatic N) is 4. The zero-order valence-electron chi connectivity index (χ0n) is 18.4. The number of piperazine rings is 1. The quantitative estimate of drug-likeness (QED) is 0.565. The summed E-state index contributed by atoms with van der Waals surface area (Å²) in [5, 5.41) is 1.52. The van der Waals surface area contributed by atoms with Gasteiger partial charge in [-0.25, -0.2) is 4.98 Å². The SMILES string of the molecule is Cc1nc(-c2ccc(Cl)cc2)sc1C(=O)N1CC(N2CCN(C(=O)c3ccccc3)CC2)C1. The largest absolute Gasteiger partial charge is 0.336 e. The summed E-state index contributed by atoms with van der Waals surface area (Å²) in [6, 6.07) is 17.3. The molecule has 2 aliphatic rings. The maximum Gasteiger partial charge on any atom is 0.265 e. The van der Waals surface area contributed by atoms with E-state index in [1.165, 1.54) is 11.3 Å². The van der Waals surface area contributed by atoms with Gasteiger partial charge in [-0.3, -0.25) is 14.5 Å². The molecule has 0 N–H and O–H groups in total. The number of aryl methyl sites for hydroxylation is 1. The standard InChI is InChI=1S/C25H25ClN4O2S/c1-17-22(33-23(27-17)18-7-9-20(26)10-8-18)25(32)30-15-21(16-30)28-11-13-29(14-12-28)24(31)19-5-3-2-4-6-19/h2-10,21H,11-16H2,1H3. The summed E-state index contributed by atoms with van der Waals surface area (Å²) in [6.45, 7) is 6.45. The summed E-state index contributed by atoms with van der Waals surface area (Å²) in [5.74, 6) is 0.150. The van der Waals surface area contributed by atoms with E-state index in [1.807, 2.05) is 71.3 Å². The Balaban J connectivity index is 1.15. The molecule has 0 aliphatic carbocycles. The van der Waals surface area contributed by atoms with E-state index >= 15 is 0 Å². The lowest BCUT2D eigenvalue weighted by molar-refractivity contribution is 0.00875. The van der Waals surface area contributed by atoms with Crippen molar-refractivity contribution in [3.63, 3.8) is 0 Å². The molecule has 6 nitrogen and oxygen atoms in total. The first-order chi connectivity index (χ1) is 16.0. The Hall–Kier alpha value is -2.74. The Kier molecular flexibility index (Phi) is 6.19. The van der Waals surface area contributed by atoms with Crippen LogP contribution in [0.4, 0.5) is 0 Å². The van der Waals surface area contributed by atoms with Crippen LogP contribution in [0, 0.1) is 6.92 Å². The van der Waals surface area contributed by atoms with Crippen molar-refractivity contribution in [3.05, 3.63) is 75.8 Å². The lowest BCUT2D eigenvalue weighted by Gasteiger charge is -2.48. The molecule has 1 aromatic heterocycles. The van der Waals surface area contributed by atoms with Crippen LogP contribution in [0.1, 0.15) is 25.7 Å². The Labute approximate surface area is 202 Å². The molecule has 3 heterocycles. The summed E-state index contributed by atoms with van der Waals surface area (Å²) < 4.78 is 0. The fourth-order valence-corrected chi connectivity index (χ4v) is 5.53. The fraction of sp³-hybridized carbons (Fsp3) is 0.320. The topological polar surface area (TPSA) is 56.8 Å². The molecule has 0 unspecified atom stereocenters. The average molecular weight is 481 g/mol. The van der Waals surface area contributed by atoms with E-state index in [-0.39, 0.29) is 11.8 Å². The van der Waals surface area contributed by atoms with Crippen LogP contribution >= 0.6 is 22.9 Å². The number of hydrogen-bond donors (Lipinski definition) is 0. The maximum absolute atomic E-state index is 13.1. The second kappa shape index (κ2) is 9.25. The molecule has 2 fully saturated rings. The fourth-order valence-electron chi connectivity index (χ4n) is 4.36. The number of carbonyl (C=O) groups is 2. The zero-order chi connectivity index (χ0) is 22.9. The molecular formula is C25H25ClN4O2S. The second-order valence-electron chi connectivity index (χ2n) is 8.50. The van der Waals surface area contributed by atoms with Crippen molar-refractivity contribution in [1.29, 1.82) is 0 Å². The molecule has 2 aromatic carbocycles. The zero-order valence-corrected chi connectivity index (χ0v) is 20.0. The van der Waals surface area contributed by atoms with Crippen molar-refractivity contribution < 1.29 is 9.59 Å². The highest BCUT2D eigenvalue weighted by Crippen LogP contribution is 2.31. The molecule has 0 radical (unpaired) electrons. The average Bonchev–Trinajstić information content (AvgIpc) is 3.20. The third kappa shape index (κ3) is 4.53. The van der Waals surface area contributed by atoms with E-state index in [4.69, 9.17) is 11.6 Å². The van der Waals surface area contributed by atoms with Crippen molar-refractivity contribution in [2.24, 2.45) is 0 Å². The third-order valence-corrected chi connectivity index (χ3v) is 7.82. The van der Waals surface area contributed by atoms with Crippen molar-refractivity contribution in [2.45, 2.75) is 13.0 Å². The van der Waals surface area contributed by atoms with Crippen LogP contribution < -0.4 is 0 Å². The predicted octanol–water partition coefficient (Wildman–Crippen LogP) is 4.05. The molecule has 0 atom stereocenters. The number of carbonyl (C=O) groups excluding carboxylic acids is 2. The molecular weight excluding hydrogens is 456 g/mol. The molecule has 0 saturated carbocycles. The maximum atomic E-state index is 13.1. The molecule has 3 aromatic rings. The first kappa shape index (κ1) is 22.1. The lowest BCUT2D eigenvalue weighted by Crippen LogP contribution is -2.64. The number of halogens is 1. The van der Waals surface area contributed by atoms with E-state index in [1.54, 1.807) is 0 Å². The van der Waals surface area contributed by atoms with Gasteiger partial charge in [0.25, 0.3) is 11.8 Å². The van der Waals surface area contributed by atoms with Crippen molar-refractivity contribution >= 4 is 34.8 Å². The van der Waals surface area contributed by atoms with Gasteiger partial charge in [0.15, 0.2) is 0 Å². The van der Waals surface area contributed by atoms with E-state index in [0.717, 1.165) is 61.1 Å². The van der Waals surface area contributed by atoms with Crippen molar-refractivity contribution in [2.75, 3.05) is 39.3 Å². The van der Waals surface area contributed by atoms with Crippen molar-refractivity contribution in [3.8, 4) is 10.6 Å². The first-order valence-corrected chi connectivity index (χ1v) is 12.3. The Bertz CT molecular complexity index is 1150. The minimum atomic E-state index is 0.0550. The molecule has 33 heavy (non-hydrogen) atoms. The van der Waals surface area contributed by atoms with Gasteiger partial charge in [0.05, 0.1) is 5.69 Å². The van der Waals surface area contributed by atoms with Crippen molar-refractivity contribution in [1.82, 2.24) is 19.7 Å². The van der Waals surface area contributed by atoms with Gasteiger partial charge in [-0.15, -0.1) is 11.3 Å². The van der Waals surface area contributed by atoms with Crippen LogP contribution in [0.5, 0.6) is 0 Å². The summed E-state index contributed by atoms with van der Waals surface area (Å²) in [6.07, 6.45) is 0. The number of benzene rings is 2. The molecule has 8 heteroatoms. The minimum absolute atomic E-state index is 0.0550. The first-order valence-electron chi connectivity index (χ1n) is 11.1. The number of rotatable bonds is 4.